The molecule has 0 aliphatic carbocycles. The van der Waals surface area contributed by atoms with Crippen LogP contribution < -0.4 is 10.2 Å². The second kappa shape index (κ2) is 9.58. The molecule has 4 heterocycles. The number of carbonyl (C=O) groups is 1. The molecule has 0 bridgehead atoms. The summed E-state index contributed by atoms with van der Waals surface area (Å²) < 4.78 is 6.77. The van der Waals surface area contributed by atoms with Crippen molar-refractivity contribution < 1.29 is 9.53 Å². The molecule has 2 aliphatic heterocycles. The van der Waals surface area contributed by atoms with Crippen molar-refractivity contribution >= 4 is 33.8 Å². The van der Waals surface area contributed by atoms with E-state index in [4.69, 9.17) is 9.84 Å². The van der Waals surface area contributed by atoms with Crippen LogP contribution in [0.3, 0.4) is 0 Å². The summed E-state index contributed by atoms with van der Waals surface area (Å²) in [5, 5.41) is 24.0. The van der Waals surface area contributed by atoms with Crippen molar-refractivity contribution in [2.45, 2.75) is 32.9 Å². The normalized spacial score (nSPS) is 18.8. The van der Waals surface area contributed by atoms with E-state index >= 15 is 0 Å². The summed E-state index contributed by atoms with van der Waals surface area (Å²) in [6.45, 7) is 9.41. The largest absolute Gasteiger partial charge is 0.380 e. The summed E-state index contributed by atoms with van der Waals surface area (Å²) in [6.07, 6.45) is 1.51. The third kappa shape index (κ3) is 4.09. The number of ether oxygens (including phenoxy) is 1. The lowest BCUT2D eigenvalue weighted by molar-refractivity contribution is -0.150. The number of hydrogen-bond donors (Lipinski definition) is 1. The van der Waals surface area contributed by atoms with Gasteiger partial charge in [-0.15, -0.1) is 14.8 Å². The first-order chi connectivity index (χ1) is 18.4. The van der Waals surface area contributed by atoms with Crippen LogP contribution in [0.2, 0.25) is 0 Å². The molecular weight excluding hydrogens is 480 g/mol. The molecule has 6 rings (SSSR count). The maximum Gasteiger partial charge on any atom is 0.230 e. The van der Waals surface area contributed by atoms with Gasteiger partial charge in [-0.25, -0.2) is 4.98 Å². The summed E-state index contributed by atoms with van der Waals surface area (Å²) >= 11 is 0. The fourth-order valence-corrected chi connectivity index (χ4v) is 5.55. The number of hydrogen-bond acceptors (Lipinski definition) is 8. The first-order valence-corrected chi connectivity index (χ1v) is 13.0. The number of nitrogens with zero attached hydrogens (tertiary/aromatic N) is 7. The van der Waals surface area contributed by atoms with Crippen LogP contribution in [0, 0.1) is 24.2 Å². The maximum absolute atomic E-state index is 12.7. The third-order valence-corrected chi connectivity index (χ3v) is 7.80. The average molecular weight is 511 g/mol. The van der Waals surface area contributed by atoms with E-state index in [-0.39, 0.29) is 23.9 Å². The minimum absolute atomic E-state index is 0.0131. The average Bonchev–Trinajstić information content (AvgIpc) is 3.36. The molecule has 0 spiro atoms. The number of rotatable bonds is 5. The molecular formula is C28H30N8O2. The summed E-state index contributed by atoms with van der Waals surface area (Å²) in [5.41, 5.74) is 4.43. The van der Waals surface area contributed by atoms with Crippen LogP contribution in [-0.4, -0.2) is 69.5 Å². The van der Waals surface area contributed by atoms with Gasteiger partial charge >= 0.3 is 0 Å². The fraction of sp³-hybridized carbons (Fsp3) is 0.393. The number of piperazine rings is 1. The number of benzene rings is 2. The SMILES string of the molecule is Cc1c(C#N)cccc1[C@@H](C)Nc1nn2ncnc2c2ccc(N3CCN(C(=O)C4COC4)C[C@@H]3C)cc12. The monoisotopic (exact) mass is 510 g/mol. The highest BCUT2D eigenvalue weighted by Gasteiger charge is 2.34. The molecule has 2 aliphatic rings. The van der Waals surface area contributed by atoms with Gasteiger partial charge in [0, 0.05) is 42.1 Å². The quantitative estimate of drug-likeness (QED) is 0.435. The topological polar surface area (TPSA) is 112 Å². The molecule has 2 aromatic carbocycles. The predicted molar refractivity (Wildman–Crippen MR) is 144 cm³/mol. The van der Waals surface area contributed by atoms with Crippen LogP contribution >= 0.6 is 0 Å². The van der Waals surface area contributed by atoms with Gasteiger partial charge < -0.3 is 19.9 Å². The number of anilines is 2. The van der Waals surface area contributed by atoms with Crippen LogP contribution in [0.4, 0.5) is 11.5 Å². The van der Waals surface area contributed by atoms with Gasteiger partial charge in [0.05, 0.1) is 36.8 Å². The van der Waals surface area contributed by atoms with E-state index in [1.807, 2.05) is 30.0 Å². The van der Waals surface area contributed by atoms with Crippen molar-refractivity contribution in [3.63, 3.8) is 0 Å². The molecule has 38 heavy (non-hydrogen) atoms. The standard InChI is InChI=1S/C28H30N8O2/c1-17-13-34(28(37)21-14-38-15-21)9-10-35(17)22-7-8-24-25(11-22)26(33-36-27(24)30-16-31-36)32-19(3)23-6-4-5-20(12-29)18(23)2/h4-8,11,16-17,19,21H,9-10,13-15H2,1-3H3,(H,32,33)/t17-,19+/m0/s1. The highest BCUT2D eigenvalue weighted by molar-refractivity contribution is 6.01. The number of aromatic nitrogens is 4. The number of amides is 1. The second-order valence-corrected chi connectivity index (χ2v) is 10.2. The number of carbonyl (C=O) groups excluding carboxylic acids is 1. The van der Waals surface area contributed by atoms with Crippen molar-refractivity contribution in [3.8, 4) is 6.07 Å². The Hall–Kier alpha value is -4.23. The van der Waals surface area contributed by atoms with Crippen LogP contribution in [0.25, 0.3) is 16.4 Å². The molecule has 2 aromatic heterocycles. The first-order valence-electron chi connectivity index (χ1n) is 13.0. The van der Waals surface area contributed by atoms with E-state index in [9.17, 15) is 10.1 Å². The van der Waals surface area contributed by atoms with E-state index in [1.54, 1.807) is 4.63 Å². The maximum atomic E-state index is 12.7. The van der Waals surface area contributed by atoms with E-state index in [1.165, 1.54) is 6.33 Å². The molecule has 1 N–H and O–H groups in total. The first kappa shape index (κ1) is 24.1. The summed E-state index contributed by atoms with van der Waals surface area (Å²) in [6, 6.07) is 14.5. The minimum Gasteiger partial charge on any atom is -0.380 e. The molecule has 2 fully saturated rings. The van der Waals surface area contributed by atoms with Gasteiger partial charge in [-0.2, -0.15) is 5.26 Å². The molecule has 1 amide bonds. The van der Waals surface area contributed by atoms with E-state index in [2.05, 4.69) is 58.4 Å². The predicted octanol–water partition coefficient (Wildman–Crippen LogP) is 3.31. The zero-order chi connectivity index (χ0) is 26.4. The van der Waals surface area contributed by atoms with Crippen LogP contribution in [0.5, 0.6) is 0 Å². The lowest BCUT2D eigenvalue weighted by atomic mass is 9.98. The highest BCUT2D eigenvalue weighted by Crippen LogP contribution is 2.33. The van der Waals surface area contributed by atoms with Gasteiger partial charge in [-0.3, -0.25) is 4.79 Å². The van der Waals surface area contributed by atoms with Gasteiger partial charge in [0.2, 0.25) is 5.91 Å². The molecule has 10 nitrogen and oxygen atoms in total. The fourth-order valence-electron chi connectivity index (χ4n) is 5.55. The number of nitriles is 1. The van der Waals surface area contributed by atoms with Crippen molar-refractivity contribution in [2.24, 2.45) is 5.92 Å². The van der Waals surface area contributed by atoms with Gasteiger partial charge in [-0.05, 0) is 56.2 Å². The Bertz CT molecular complexity index is 1570. The Morgan fingerprint density at radius 1 is 1.21 bits per heavy atom. The molecule has 4 aromatic rings. The Morgan fingerprint density at radius 2 is 2.05 bits per heavy atom. The lowest BCUT2D eigenvalue weighted by Crippen LogP contribution is -2.56. The van der Waals surface area contributed by atoms with Gasteiger partial charge in [-0.1, -0.05) is 12.1 Å². The van der Waals surface area contributed by atoms with Crippen molar-refractivity contribution in [2.75, 3.05) is 43.1 Å². The van der Waals surface area contributed by atoms with Gasteiger partial charge in [0.1, 0.15) is 6.33 Å². The molecule has 2 atom stereocenters. The third-order valence-electron chi connectivity index (χ3n) is 7.80. The lowest BCUT2D eigenvalue weighted by Gasteiger charge is -2.43. The molecule has 0 saturated carbocycles. The Balaban J connectivity index is 1.33. The van der Waals surface area contributed by atoms with Crippen molar-refractivity contribution in [3.05, 3.63) is 59.4 Å². The summed E-state index contributed by atoms with van der Waals surface area (Å²) in [5.74, 6) is 0.913. The van der Waals surface area contributed by atoms with E-state index in [0.29, 0.717) is 43.3 Å². The van der Waals surface area contributed by atoms with Crippen molar-refractivity contribution in [1.82, 2.24) is 24.7 Å². The second-order valence-electron chi connectivity index (χ2n) is 10.2. The van der Waals surface area contributed by atoms with Crippen LogP contribution in [0.15, 0.2) is 42.7 Å². The van der Waals surface area contributed by atoms with Crippen LogP contribution in [-0.2, 0) is 9.53 Å². The minimum atomic E-state index is -0.0902. The zero-order valence-corrected chi connectivity index (χ0v) is 21.8. The Morgan fingerprint density at radius 3 is 2.79 bits per heavy atom. The number of fused-ring (bicyclic) bond motifs is 3. The summed E-state index contributed by atoms with van der Waals surface area (Å²) in [7, 11) is 0. The van der Waals surface area contributed by atoms with E-state index < -0.39 is 0 Å². The van der Waals surface area contributed by atoms with Gasteiger partial charge in [0.25, 0.3) is 0 Å². The Labute approximate surface area is 220 Å². The molecule has 10 heteroatoms. The smallest absolute Gasteiger partial charge is 0.230 e. The van der Waals surface area contributed by atoms with E-state index in [0.717, 1.165) is 34.1 Å². The molecule has 0 radical (unpaired) electrons. The number of nitrogens with one attached hydrogen (secondary N) is 1. The molecule has 2 saturated heterocycles. The highest BCUT2D eigenvalue weighted by atomic mass is 16.5. The van der Waals surface area contributed by atoms with Crippen LogP contribution in [0.1, 0.15) is 36.6 Å². The molecule has 0 unspecified atom stereocenters. The van der Waals surface area contributed by atoms with Crippen molar-refractivity contribution in [1.29, 1.82) is 5.26 Å². The van der Waals surface area contributed by atoms with Gasteiger partial charge in [0.15, 0.2) is 11.5 Å². The molecule has 194 valence electrons. The summed E-state index contributed by atoms with van der Waals surface area (Å²) in [4.78, 5) is 21.5. The zero-order valence-electron chi connectivity index (χ0n) is 21.8. The Kier molecular flexibility index (Phi) is 6.08.